The van der Waals surface area contributed by atoms with Crippen molar-refractivity contribution in [2.24, 2.45) is 0 Å². The molecule has 6 heteroatoms. The van der Waals surface area contributed by atoms with Crippen LogP contribution in [0.1, 0.15) is 39.4 Å². The number of anilines is 1. The lowest BCUT2D eigenvalue weighted by Crippen LogP contribution is -2.12. The summed E-state index contributed by atoms with van der Waals surface area (Å²) < 4.78 is 5.40. The Hall–Kier alpha value is -3.28. The molecule has 1 aromatic heterocycles. The van der Waals surface area contributed by atoms with Crippen LogP contribution in [-0.4, -0.2) is 21.9 Å². The van der Waals surface area contributed by atoms with Crippen molar-refractivity contribution in [1.82, 2.24) is 10.2 Å². The van der Waals surface area contributed by atoms with Gasteiger partial charge in [-0.1, -0.05) is 42.5 Å². The Morgan fingerprint density at radius 3 is 2.58 bits per heavy atom. The van der Waals surface area contributed by atoms with Gasteiger partial charge in [0, 0.05) is 11.3 Å². The molecule has 0 atom stereocenters. The Labute approximate surface area is 138 Å². The van der Waals surface area contributed by atoms with Crippen molar-refractivity contribution in [3.8, 4) is 0 Å². The lowest BCUT2D eigenvalue weighted by molar-refractivity contribution is 0.0985. The van der Waals surface area contributed by atoms with E-state index in [-0.39, 0.29) is 11.7 Å². The number of benzene rings is 2. The van der Waals surface area contributed by atoms with Gasteiger partial charge < -0.3 is 9.73 Å². The smallest absolute Gasteiger partial charge is 0.313 e. The van der Waals surface area contributed by atoms with Crippen molar-refractivity contribution >= 4 is 17.4 Å². The molecular weight excluding hydrogens is 306 g/mol. The summed E-state index contributed by atoms with van der Waals surface area (Å²) in [6, 6.07) is 16.3. The van der Waals surface area contributed by atoms with Gasteiger partial charge in [0.2, 0.25) is 5.89 Å². The van der Waals surface area contributed by atoms with Gasteiger partial charge in [-0.25, -0.2) is 0 Å². The van der Waals surface area contributed by atoms with Crippen LogP contribution in [0, 0.1) is 0 Å². The van der Waals surface area contributed by atoms with Gasteiger partial charge in [0.05, 0.1) is 6.42 Å². The number of ketones is 1. The van der Waals surface area contributed by atoms with Crippen LogP contribution >= 0.6 is 0 Å². The fraction of sp³-hybridized carbons (Fsp3) is 0.111. The summed E-state index contributed by atoms with van der Waals surface area (Å²) >= 11 is 0. The van der Waals surface area contributed by atoms with Gasteiger partial charge in [0.15, 0.2) is 5.78 Å². The zero-order chi connectivity index (χ0) is 16.9. The third-order valence-corrected chi connectivity index (χ3v) is 3.39. The Kier molecular flexibility index (Phi) is 4.47. The van der Waals surface area contributed by atoms with Crippen LogP contribution in [0.5, 0.6) is 0 Å². The minimum atomic E-state index is -0.512. The molecule has 1 N–H and O–H groups in total. The van der Waals surface area contributed by atoms with E-state index in [0.29, 0.717) is 23.6 Å². The summed E-state index contributed by atoms with van der Waals surface area (Å²) in [4.78, 5) is 23.5. The number of carbonyl (C=O) groups excluding carboxylic acids is 2. The second kappa shape index (κ2) is 6.87. The highest BCUT2D eigenvalue weighted by atomic mass is 16.4. The molecule has 0 saturated carbocycles. The second-order valence-electron chi connectivity index (χ2n) is 5.25. The zero-order valence-electron chi connectivity index (χ0n) is 13.0. The molecule has 0 aliphatic carbocycles. The molecule has 0 aliphatic rings. The Balaban J connectivity index is 1.70. The topological polar surface area (TPSA) is 85.1 Å². The number of aromatic nitrogens is 2. The van der Waals surface area contributed by atoms with Crippen LogP contribution in [0.15, 0.2) is 59.0 Å². The van der Waals surface area contributed by atoms with Gasteiger partial charge in [-0.3, -0.25) is 9.59 Å². The van der Waals surface area contributed by atoms with Crippen LogP contribution in [-0.2, 0) is 6.42 Å². The Morgan fingerprint density at radius 1 is 1.04 bits per heavy atom. The van der Waals surface area contributed by atoms with E-state index in [9.17, 15) is 9.59 Å². The Morgan fingerprint density at radius 2 is 1.83 bits per heavy atom. The first-order chi connectivity index (χ1) is 11.6. The average molecular weight is 321 g/mol. The normalized spacial score (nSPS) is 10.4. The van der Waals surface area contributed by atoms with Gasteiger partial charge in [0.1, 0.15) is 0 Å². The quantitative estimate of drug-likeness (QED) is 0.730. The summed E-state index contributed by atoms with van der Waals surface area (Å²) in [6.07, 6.45) is 0.459. The molecular formula is C18H15N3O3. The third kappa shape index (κ3) is 3.73. The number of rotatable bonds is 5. The number of hydrogen-bond donors (Lipinski definition) is 1. The van der Waals surface area contributed by atoms with Crippen LogP contribution in [0.25, 0.3) is 0 Å². The van der Waals surface area contributed by atoms with Gasteiger partial charge in [0.25, 0.3) is 0 Å². The summed E-state index contributed by atoms with van der Waals surface area (Å²) in [5.74, 6) is -0.338. The molecule has 3 rings (SSSR count). The molecule has 3 aromatic rings. The van der Waals surface area contributed by atoms with Crippen LogP contribution in [0.4, 0.5) is 5.69 Å². The fourth-order valence-electron chi connectivity index (χ4n) is 2.19. The minimum Gasteiger partial charge on any atom is -0.417 e. The summed E-state index contributed by atoms with van der Waals surface area (Å²) in [5, 5.41) is 10.3. The van der Waals surface area contributed by atoms with Crippen molar-refractivity contribution in [2.75, 3.05) is 5.32 Å². The van der Waals surface area contributed by atoms with E-state index in [1.54, 1.807) is 24.3 Å². The lowest BCUT2D eigenvalue weighted by Gasteiger charge is -2.03. The van der Waals surface area contributed by atoms with Crippen LogP contribution < -0.4 is 5.32 Å². The van der Waals surface area contributed by atoms with Crippen molar-refractivity contribution in [3.05, 3.63) is 77.5 Å². The number of nitrogens with one attached hydrogen (secondary N) is 1. The van der Waals surface area contributed by atoms with Crippen LogP contribution in [0.3, 0.4) is 0 Å². The number of Topliss-reactive ketones (excluding diaryl/α,β-unsaturated/α-hetero) is 1. The summed E-state index contributed by atoms with van der Waals surface area (Å²) in [7, 11) is 0. The second-order valence-corrected chi connectivity index (χ2v) is 5.25. The van der Waals surface area contributed by atoms with E-state index in [1.807, 2.05) is 30.3 Å². The third-order valence-electron chi connectivity index (χ3n) is 3.39. The van der Waals surface area contributed by atoms with Gasteiger partial charge in [-0.15, -0.1) is 10.2 Å². The monoisotopic (exact) mass is 321 g/mol. The number of nitrogens with zero attached hydrogens (tertiary/aromatic N) is 2. The van der Waals surface area contributed by atoms with E-state index in [2.05, 4.69) is 15.5 Å². The van der Waals surface area contributed by atoms with Crippen molar-refractivity contribution in [2.45, 2.75) is 13.3 Å². The molecule has 0 fully saturated rings. The van der Waals surface area contributed by atoms with Crippen molar-refractivity contribution in [3.63, 3.8) is 0 Å². The highest BCUT2D eigenvalue weighted by Crippen LogP contribution is 2.13. The molecule has 0 saturated heterocycles. The highest BCUT2D eigenvalue weighted by molar-refractivity contribution is 6.02. The summed E-state index contributed by atoms with van der Waals surface area (Å²) in [5.41, 5.74) is 2.03. The molecule has 0 spiro atoms. The Bertz CT molecular complexity index is 872. The van der Waals surface area contributed by atoms with E-state index in [4.69, 9.17) is 4.42 Å². The highest BCUT2D eigenvalue weighted by Gasteiger charge is 2.15. The fourth-order valence-corrected chi connectivity index (χ4v) is 2.19. The van der Waals surface area contributed by atoms with Crippen molar-refractivity contribution in [1.29, 1.82) is 0 Å². The summed E-state index contributed by atoms with van der Waals surface area (Å²) in [6.45, 7) is 1.47. The number of hydrogen-bond acceptors (Lipinski definition) is 5. The number of carbonyl (C=O) groups is 2. The van der Waals surface area contributed by atoms with Gasteiger partial charge in [-0.05, 0) is 24.6 Å². The van der Waals surface area contributed by atoms with Gasteiger partial charge in [-0.2, -0.15) is 0 Å². The maximum Gasteiger partial charge on any atom is 0.313 e. The predicted molar refractivity (Wildman–Crippen MR) is 87.9 cm³/mol. The molecule has 120 valence electrons. The molecule has 1 heterocycles. The SMILES string of the molecule is CC(=O)c1cccc(NC(=O)c2nnc(Cc3ccccc3)o2)c1. The zero-order valence-corrected chi connectivity index (χ0v) is 13.0. The first-order valence-electron chi connectivity index (χ1n) is 7.40. The molecule has 6 nitrogen and oxygen atoms in total. The molecule has 24 heavy (non-hydrogen) atoms. The maximum absolute atomic E-state index is 12.2. The van der Waals surface area contributed by atoms with Gasteiger partial charge >= 0.3 is 11.8 Å². The maximum atomic E-state index is 12.2. The standard InChI is InChI=1S/C18H15N3O3/c1-12(22)14-8-5-9-15(11-14)19-17(23)18-21-20-16(24-18)10-13-6-3-2-4-7-13/h2-9,11H,10H2,1H3,(H,19,23). The van der Waals surface area contributed by atoms with Crippen LogP contribution in [0.2, 0.25) is 0 Å². The minimum absolute atomic E-state index is 0.0750. The molecule has 0 unspecified atom stereocenters. The number of amides is 1. The molecule has 0 radical (unpaired) electrons. The van der Waals surface area contributed by atoms with E-state index in [1.165, 1.54) is 6.92 Å². The first kappa shape index (κ1) is 15.6. The van der Waals surface area contributed by atoms with E-state index >= 15 is 0 Å². The average Bonchev–Trinajstić information content (AvgIpc) is 3.04. The van der Waals surface area contributed by atoms with Crippen molar-refractivity contribution < 1.29 is 14.0 Å². The van der Waals surface area contributed by atoms with E-state index in [0.717, 1.165) is 5.56 Å². The molecule has 0 bridgehead atoms. The predicted octanol–water partition coefficient (Wildman–Crippen LogP) is 3.12. The molecule has 1 amide bonds. The molecule has 0 aliphatic heterocycles. The molecule has 2 aromatic carbocycles. The first-order valence-corrected chi connectivity index (χ1v) is 7.40. The van der Waals surface area contributed by atoms with E-state index < -0.39 is 5.91 Å². The lowest BCUT2D eigenvalue weighted by atomic mass is 10.1. The largest absolute Gasteiger partial charge is 0.417 e.